The van der Waals surface area contributed by atoms with Gasteiger partial charge in [-0.15, -0.1) is 0 Å². The van der Waals surface area contributed by atoms with Crippen molar-refractivity contribution in [2.45, 2.75) is 6.43 Å². The summed E-state index contributed by atoms with van der Waals surface area (Å²) < 4.78 is 37.6. The molecule has 0 saturated carbocycles. The minimum Gasteiger partial charge on any atom is -0.336 e. The highest BCUT2D eigenvalue weighted by molar-refractivity contribution is 5.96. The summed E-state index contributed by atoms with van der Waals surface area (Å²) in [6, 6.07) is 3.38. The first kappa shape index (κ1) is 15.1. The summed E-state index contributed by atoms with van der Waals surface area (Å²) >= 11 is 0. The van der Waals surface area contributed by atoms with E-state index in [1.54, 1.807) is 0 Å². The van der Waals surface area contributed by atoms with E-state index < -0.39 is 24.7 Å². The van der Waals surface area contributed by atoms with Crippen LogP contribution >= 0.6 is 0 Å². The summed E-state index contributed by atoms with van der Waals surface area (Å²) in [5.74, 6) is 3.85. The second-order valence-corrected chi connectivity index (χ2v) is 3.77. The summed E-state index contributed by atoms with van der Waals surface area (Å²) in [5, 5.41) is 0. The van der Waals surface area contributed by atoms with E-state index in [0.717, 1.165) is 17.0 Å². The molecule has 1 aromatic carbocycles. The predicted molar refractivity (Wildman–Crippen MR) is 65.3 cm³/mol. The van der Waals surface area contributed by atoms with Crippen molar-refractivity contribution in [1.29, 1.82) is 0 Å². The van der Waals surface area contributed by atoms with Crippen LogP contribution in [-0.2, 0) is 0 Å². The van der Waals surface area contributed by atoms with Gasteiger partial charge in [0.05, 0.1) is 18.7 Å². The summed E-state index contributed by atoms with van der Waals surface area (Å²) in [7, 11) is 1.25. The molecule has 0 atom stereocenters. The Kier molecular flexibility index (Phi) is 5.39. The quantitative estimate of drug-likeness (QED) is 0.845. The molecule has 0 bridgehead atoms. The lowest BCUT2D eigenvalue weighted by Crippen LogP contribution is -2.31. The maximum Gasteiger partial charge on any atom is 0.255 e. The second kappa shape index (κ2) is 6.81. The molecule has 0 heterocycles. The highest BCUT2D eigenvalue weighted by Gasteiger charge is 2.18. The molecule has 0 aliphatic rings. The van der Waals surface area contributed by atoms with Crippen LogP contribution in [0.25, 0.3) is 0 Å². The smallest absolute Gasteiger partial charge is 0.255 e. The maximum atomic E-state index is 13.1. The first-order valence-electron chi connectivity index (χ1n) is 5.47. The molecule has 0 saturated heterocycles. The topological polar surface area (TPSA) is 46.3 Å². The average Bonchev–Trinajstić information content (AvgIpc) is 2.34. The number of nitrogens with zero attached hydrogens (tertiary/aromatic N) is 1. The third-order valence-corrected chi connectivity index (χ3v) is 2.30. The monoisotopic (exact) mass is 270 g/mol. The molecule has 0 radical (unpaired) electrons. The number of nitrogens with two attached hydrogens (primary N) is 1. The molecule has 0 unspecified atom stereocenters. The van der Waals surface area contributed by atoms with Crippen LogP contribution in [0.3, 0.4) is 0 Å². The Balaban J connectivity index is 3.08. The zero-order chi connectivity index (χ0) is 14.4. The standard InChI is InChI=1S/C13H13F3N2O/c1-18(8-12(15)16)13(19)11-5-4-10(14)7-9(11)3-2-6-17/h4-5,7,12H,6,8,17H2,1H3. The highest BCUT2D eigenvalue weighted by atomic mass is 19.3. The molecule has 3 nitrogen and oxygen atoms in total. The van der Waals surface area contributed by atoms with Crippen LogP contribution in [0.2, 0.25) is 0 Å². The molecule has 0 aliphatic heterocycles. The molecule has 2 N–H and O–H groups in total. The Morgan fingerprint density at radius 2 is 2.16 bits per heavy atom. The van der Waals surface area contributed by atoms with E-state index in [1.165, 1.54) is 13.1 Å². The summed E-state index contributed by atoms with van der Waals surface area (Å²) in [6.07, 6.45) is -2.63. The fourth-order valence-corrected chi connectivity index (χ4v) is 1.45. The van der Waals surface area contributed by atoms with Crippen LogP contribution in [0, 0.1) is 17.7 Å². The van der Waals surface area contributed by atoms with E-state index in [-0.39, 0.29) is 17.7 Å². The zero-order valence-electron chi connectivity index (χ0n) is 10.3. The van der Waals surface area contributed by atoms with Crippen molar-refractivity contribution in [3.8, 4) is 11.8 Å². The summed E-state index contributed by atoms with van der Waals surface area (Å²) in [4.78, 5) is 12.8. The normalized spacial score (nSPS) is 10.0. The largest absolute Gasteiger partial charge is 0.336 e. The fraction of sp³-hybridized carbons (Fsp3) is 0.308. The Morgan fingerprint density at radius 1 is 1.47 bits per heavy atom. The number of carbonyl (C=O) groups is 1. The van der Waals surface area contributed by atoms with Crippen LogP contribution in [0.5, 0.6) is 0 Å². The minimum atomic E-state index is -2.63. The van der Waals surface area contributed by atoms with Crippen LogP contribution in [-0.4, -0.2) is 37.4 Å². The Bertz CT molecular complexity index is 520. The lowest BCUT2D eigenvalue weighted by molar-refractivity contribution is 0.0620. The summed E-state index contributed by atoms with van der Waals surface area (Å²) in [5.41, 5.74) is 5.41. The van der Waals surface area contributed by atoms with Crippen molar-refractivity contribution in [2.75, 3.05) is 20.1 Å². The molecule has 0 aromatic heterocycles. The second-order valence-electron chi connectivity index (χ2n) is 3.77. The molecular weight excluding hydrogens is 257 g/mol. The lowest BCUT2D eigenvalue weighted by Gasteiger charge is -2.17. The van der Waals surface area contributed by atoms with Crippen LogP contribution < -0.4 is 5.73 Å². The van der Waals surface area contributed by atoms with E-state index in [9.17, 15) is 18.0 Å². The van der Waals surface area contributed by atoms with Gasteiger partial charge >= 0.3 is 0 Å². The van der Waals surface area contributed by atoms with Crippen molar-refractivity contribution >= 4 is 5.91 Å². The van der Waals surface area contributed by atoms with Gasteiger partial charge in [-0.2, -0.15) is 0 Å². The SMILES string of the molecule is CN(CC(F)F)C(=O)c1ccc(F)cc1C#CCN. The molecule has 19 heavy (non-hydrogen) atoms. The molecule has 1 rings (SSSR count). The number of carbonyl (C=O) groups excluding carboxylic acids is 1. The Labute approximate surface area is 109 Å². The van der Waals surface area contributed by atoms with Crippen LogP contribution in [0.15, 0.2) is 18.2 Å². The van der Waals surface area contributed by atoms with Gasteiger partial charge in [-0.25, -0.2) is 13.2 Å². The van der Waals surface area contributed by atoms with Crippen molar-refractivity contribution in [3.05, 3.63) is 35.1 Å². The first-order valence-corrected chi connectivity index (χ1v) is 5.47. The van der Waals surface area contributed by atoms with E-state index >= 15 is 0 Å². The number of halogens is 3. The van der Waals surface area contributed by atoms with Gasteiger partial charge in [0.25, 0.3) is 12.3 Å². The molecular formula is C13H13F3N2O. The van der Waals surface area contributed by atoms with Gasteiger partial charge in [-0.3, -0.25) is 4.79 Å². The average molecular weight is 270 g/mol. The van der Waals surface area contributed by atoms with Crippen molar-refractivity contribution < 1.29 is 18.0 Å². The predicted octanol–water partition coefficient (Wildman–Crippen LogP) is 1.47. The molecule has 1 aromatic rings. The third kappa shape index (κ3) is 4.30. The number of hydrogen-bond acceptors (Lipinski definition) is 2. The lowest BCUT2D eigenvalue weighted by atomic mass is 10.1. The van der Waals surface area contributed by atoms with Crippen molar-refractivity contribution in [3.63, 3.8) is 0 Å². The molecule has 0 spiro atoms. The number of amides is 1. The number of benzene rings is 1. The molecule has 1 amide bonds. The minimum absolute atomic E-state index is 0.0526. The number of hydrogen-bond donors (Lipinski definition) is 1. The number of rotatable bonds is 3. The fourth-order valence-electron chi connectivity index (χ4n) is 1.45. The zero-order valence-corrected chi connectivity index (χ0v) is 10.3. The van der Waals surface area contributed by atoms with Gasteiger partial charge in [0.15, 0.2) is 0 Å². The highest BCUT2D eigenvalue weighted by Crippen LogP contribution is 2.13. The molecule has 102 valence electrons. The third-order valence-electron chi connectivity index (χ3n) is 2.30. The van der Waals surface area contributed by atoms with Crippen LogP contribution in [0.4, 0.5) is 13.2 Å². The van der Waals surface area contributed by atoms with Gasteiger partial charge < -0.3 is 10.6 Å². The van der Waals surface area contributed by atoms with E-state index in [4.69, 9.17) is 5.73 Å². The summed E-state index contributed by atoms with van der Waals surface area (Å²) in [6.45, 7) is -0.642. The van der Waals surface area contributed by atoms with Gasteiger partial charge in [0.2, 0.25) is 0 Å². The molecule has 0 aliphatic carbocycles. The van der Waals surface area contributed by atoms with Gasteiger partial charge in [0.1, 0.15) is 5.82 Å². The van der Waals surface area contributed by atoms with Crippen LogP contribution in [0.1, 0.15) is 15.9 Å². The van der Waals surface area contributed by atoms with E-state index in [0.29, 0.717) is 0 Å². The van der Waals surface area contributed by atoms with Crippen molar-refractivity contribution in [1.82, 2.24) is 4.90 Å². The molecule has 6 heteroatoms. The van der Waals surface area contributed by atoms with Gasteiger partial charge in [0, 0.05) is 12.6 Å². The first-order chi connectivity index (χ1) is 8.95. The van der Waals surface area contributed by atoms with E-state index in [1.807, 2.05) is 0 Å². The van der Waals surface area contributed by atoms with E-state index in [2.05, 4.69) is 11.8 Å². The Hall–Kier alpha value is -2.00. The van der Waals surface area contributed by atoms with Gasteiger partial charge in [-0.1, -0.05) is 11.8 Å². The Morgan fingerprint density at radius 3 is 2.74 bits per heavy atom. The maximum absolute atomic E-state index is 13.1. The van der Waals surface area contributed by atoms with Gasteiger partial charge in [-0.05, 0) is 18.2 Å². The van der Waals surface area contributed by atoms with Crippen molar-refractivity contribution in [2.24, 2.45) is 5.73 Å². The molecule has 0 fully saturated rings. The number of alkyl halides is 2.